The van der Waals surface area contributed by atoms with Crippen LogP contribution in [-0.4, -0.2) is 24.2 Å². The largest absolute Gasteiger partial charge is 0.481 e. The second-order valence-electron chi connectivity index (χ2n) is 8.60. The maximum atomic E-state index is 5.51. The molecule has 2 heterocycles. The first-order chi connectivity index (χ1) is 15.7. The number of aromatic nitrogens is 2. The van der Waals surface area contributed by atoms with Gasteiger partial charge in [-0.1, -0.05) is 60.7 Å². The van der Waals surface area contributed by atoms with E-state index in [1.807, 2.05) is 18.2 Å². The summed E-state index contributed by atoms with van der Waals surface area (Å²) in [6.45, 7) is 0. The van der Waals surface area contributed by atoms with Crippen LogP contribution in [0.3, 0.4) is 0 Å². The smallest absolute Gasteiger partial charge is 0.213 e. The summed E-state index contributed by atoms with van der Waals surface area (Å²) in [4.78, 5) is 9.75. The minimum Gasteiger partial charge on any atom is -0.481 e. The molecule has 0 saturated heterocycles. The summed E-state index contributed by atoms with van der Waals surface area (Å²) in [6, 6.07) is 28.0. The van der Waals surface area contributed by atoms with Gasteiger partial charge in [0.1, 0.15) is 0 Å². The van der Waals surface area contributed by atoms with Crippen molar-refractivity contribution in [2.75, 3.05) is 14.2 Å². The number of benzene rings is 2. The summed E-state index contributed by atoms with van der Waals surface area (Å²) >= 11 is 0. The number of methoxy groups -OCH3 is 2. The molecule has 0 fully saturated rings. The number of hydrogen-bond donors (Lipinski definition) is 0. The summed E-state index contributed by atoms with van der Waals surface area (Å²) in [6.07, 6.45) is 1.56. The molecule has 158 valence electrons. The highest BCUT2D eigenvalue weighted by Crippen LogP contribution is 2.55. The van der Waals surface area contributed by atoms with Crippen molar-refractivity contribution in [3.05, 3.63) is 118 Å². The highest BCUT2D eigenvalue weighted by molar-refractivity contribution is 5.64. The lowest BCUT2D eigenvalue weighted by atomic mass is 9.61. The molecule has 7 rings (SSSR count). The van der Waals surface area contributed by atoms with Gasteiger partial charge in [-0.05, 0) is 33.9 Å². The molecule has 0 N–H and O–H groups in total. The lowest BCUT2D eigenvalue weighted by molar-refractivity contribution is 0.391. The zero-order chi connectivity index (χ0) is 21.7. The topological polar surface area (TPSA) is 44.2 Å². The molecule has 0 radical (unpaired) electrons. The van der Waals surface area contributed by atoms with E-state index in [0.717, 1.165) is 24.2 Å². The Balaban J connectivity index is 1.66. The molecular formula is C28H24N2O2. The molecule has 4 aromatic rings. The summed E-state index contributed by atoms with van der Waals surface area (Å²) in [5.41, 5.74) is 8.57. The first kappa shape index (κ1) is 19.1. The normalized spacial score (nSPS) is 20.0. The average Bonchev–Trinajstić information content (AvgIpc) is 3.04. The monoisotopic (exact) mass is 420 g/mol. The third kappa shape index (κ3) is 2.69. The minimum absolute atomic E-state index is 0.171. The highest BCUT2D eigenvalue weighted by atomic mass is 16.5. The van der Waals surface area contributed by atoms with E-state index in [0.29, 0.717) is 11.8 Å². The van der Waals surface area contributed by atoms with Crippen molar-refractivity contribution in [1.29, 1.82) is 0 Å². The number of rotatable bonds is 4. The Labute approximate surface area is 187 Å². The first-order valence-electron chi connectivity index (χ1n) is 11.0. The van der Waals surface area contributed by atoms with Gasteiger partial charge in [-0.3, -0.25) is 0 Å². The van der Waals surface area contributed by atoms with Gasteiger partial charge < -0.3 is 9.47 Å². The average molecular weight is 421 g/mol. The Morgan fingerprint density at radius 3 is 2.06 bits per heavy atom. The van der Waals surface area contributed by atoms with E-state index in [9.17, 15) is 0 Å². The zero-order valence-electron chi connectivity index (χ0n) is 18.2. The van der Waals surface area contributed by atoms with Crippen LogP contribution in [0.25, 0.3) is 0 Å². The van der Waals surface area contributed by atoms with Crippen LogP contribution < -0.4 is 9.47 Å². The molecule has 0 amide bonds. The first-order valence-corrected chi connectivity index (χ1v) is 11.0. The summed E-state index contributed by atoms with van der Waals surface area (Å²) in [5, 5.41) is 0. The quantitative estimate of drug-likeness (QED) is 0.462. The van der Waals surface area contributed by atoms with Crippen molar-refractivity contribution < 1.29 is 9.47 Å². The maximum Gasteiger partial charge on any atom is 0.213 e. The van der Waals surface area contributed by atoms with Crippen LogP contribution in [0.2, 0.25) is 0 Å². The molecule has 3 aliphatic carbocycles. The molecule has 0 saturated carbocycles. The molecule has 4 nitrogen and oxygen atoms in total. The Bertz CT molecular complexity index is 1280. The number of hydrogen-bond acceptors (Lipinski definition) is 4. The fourth-order valence-corrected chi connectivity index (χ4v) is 5.74. The fourth-order valence-electron chi connectivity index (χ4n) is 5.74. The molecule has 0 unspecified atom stereocenters. The van der Waals surface area contributed by atoms with Gasteiger partial charge in [0.2, 0.25) is 11.8 Å². The molecule has 0 aliphatic heterocycles. The zero-order valence-corrected chi connectivity index (χ0v) is 18.2. The third-order valence-electron chi connectivity index (χ3n) is 7.02. The van der Waals surface area contributed by atoms with Crippen LogP contribution in [0.4, 0.5) is 0 Å². The van der Waals surface area contributed by atoms with Crippen molar-refractivity contribution in [2.45, 2.75) is 24.2 Å². The Morgan fingerprint density at radius 1 is 0.719 bits per heavy atom. The van der Waals surface area contributed by atoms with Gasteiger partial charge in [0, 0.05) is 47.7 Å². The number of nitrogens with zero attached hydrogens (tertiary/aromatic N) is 2. The van der Waals surface area contributed by atoms with Crippen molar-refractivity contribution >= 4 is 0 Å². The van der Waals surface area contributed by atoms with E-state index in [1.165, 1.54) is 27.8 Å². The van der Waals surface area contributed by atoms with Gasteiger partial charge in [0.25, 0.3) is 0 Å². The molecule has 3 aliphatic rings. The van der Waals surface area contributed by atoms with Crippen molar-refractivity contribution in [1.82, 2.24) is 9.97 Å². The summed E-state index contributed by atoms with van der Waals surface area (Å²) in [7, 11) is 3.35. The van der Waals surface area contributed by atoms with Crippen molar-refractivity contribution in [3.8, 4) is 11.8 Å². The Kier molecular flexibility index (Phi) is 4.29. The third-order valence-corrected chi connectivity index (χ3v) is 7.02. The molecule has 2 bridgehead atoms. The van der Waals surface area contributed by atoms with Gasteiger partial charge in [-0.25, -0.2) is 9.97 Å². The summed E-state index contributed by atoms with van der Waals surface area (Å²) in [5.74, 6) is 1.47. The standard InChI is InChI=1S/C28H24N2O2/c1-31-25-13-7-8-18(29-25)16-28-17-24-21(14-15-26(30-24)32-2)27(19-9-3-5-11-22(19)28)20-10-4-6-12-23(20)28/h3-15,27H,16-17H2,1-2H3. The summed E-state index contributed by atoms with van der Waals surface area (Å²) < 4.78 is 10.9. The van der Waals surface area contributed by atoms with Crippen LogP contribution >= 0.6 is 0 Å². The SMILES string of the molecule is COc1cccc(CC23Cc4nc(OC)ccc4C(c4ccccc42)c2ccccc23)n1. The number of ether oxygens (including phenoxy) is 2. The Hall–Kier alpha value is -3.66. The van der Waals surface area contributed by atoms with E-state index in [-0.39, 0.29) is 11.3 Å². The number of pyridine rings is 2. The van der Waals surface area contributed by atoms with E-state index in [4.69, 9.17) is 19.4 Å². The van der Waals surface area contributed by atoms with E-state index in [1.54, 1.807) is 14.2 Å². The van der Waals surface area contributed by atoms with Crippen LogP contribution in [0.1, 0.15) is 45.1 Å². The maximum absolute atomic E-state index is 5.51. The highest BCUT2D eigenvalue weighted by Gasteiger charge is 2.48. The van der Waals surface area contributed by atoms with Crippen LogP contribution in [0, 0.1) is 0 Å². The van der Waals surface area contributed by atoms with Gasteiger partial charge in [0.15, 0.2) is 0 Å². The molecule has 0 spiro atoms. The van der Waals surface area contributed by atoms with Crippen molar-refractivity contribution in [3.63, 3.8) is 0 Å². The molecule has 32 heavy (non-hydrogen) atoms. The Morgan fingerprint density at radius 2 is 1.38 bits per heavy atom. The molecular weight excluding hydrogens is 396 g/mol. The van der Waals surface area contributed by atoms with Gasteiger partial charge in [-0.15, -0.1) is 0 Å². The second-order valence-corrected chi connectivity index (χ2v) is 8.60. The predicted octanol–water partition coefficient (Wildman–Crippen LogP) is 5.07. The van der Waals surface area contributed by atoms with Gasteiger partial charge in [-0.2, -0.15) is 0 Å². The molecule has 2 aromatic carbocycles. The van der Waals surface area contributed by atoms with Gasteiger partial charge in [0.05, 0.1) is 14.2 Å². The molecule has 2 aromatic heterocycles. The molecule has 0 atom stereocenters. The second kappa shape index (κ2) is 7.20. The van der Waals surface area contributed by atoms with Crippen molar-refractivity contribution in [2.24, 2.45) is 0 Å². The lowest BCUT2D eigenvalue weighted by Gasteiger charge is -2.41. The van der Waals surface area contributed by atoms with Crippen LogP contribution in [0.15, 0.2) is 78.9 Å². The fraction of sp³-hybridized carbons (Fsp3) is 0.214. The lowest BCUT2D eigenvalue weighted by Crippen LogP contribution is -2.37. The predicted molar refractivity (Wildman–Crippen MR) is 124 cm³/mol. The van der Waals surface area contributed by atoms with E-state index in [2.05, 4.69) is 60.7 Å². The van der Waals surface area contributed by atoms with Crippen LogP contribution in [0.5, 0.6) is 11.8 Å². The van der Waals surface area contributed by atoms with Gasteiger partial charge >= 0.3 is 0 Å². The van der Waals surface area contributed by atoms with E-state index < -0.39 is 0 Å². The van der Waals surface area contributed by atoms with E-state index >= 15 is 0 Å². The van der Waals surface area contributed by atoms with Crippen LogP contribution in [-0.2, 0) is 18.3 Å². The minimum atomic E-state index is -0.270. The molecule has 4 heteroatoms.